The minimum absolute atomic E-state index is 0.00513. The van der Waals surface area contributed by atoms with E-state index in [1.54, 1.807) is 7.05 Å². The lowest BCUT2D eigenvalue weighted by Crippen LogP contribution is -2.18. The van der Waals surface area contributed by atoms with Crippen LogP contribution in [0.2, 0.25) is 0 Å². The van der Waals surface area contributed by atoms with Gasteiger partial charge in [0.05, 0.1) is 6.54 Å². The van der Waals surface area contributed by atoms with Gasteiger partial charge in [-0.2, -0.15) is 5.10 Å². The molecule has 1 aromatic heterocycles. The Hall–Kier alpha value is -1.16. The predicted molar refractivity (Wildman–Crippen MR) is 55.5 cm³/mol. The first-order chi connectivity index (χ1) is 6.45. The van der Waals surface area contributed by atoms with Gasteiger partial charge in [-0.25, -0.2) is 0 Å². The van der Waals surface area contributed by atoms with Gasteiger partial charge in [0.15, 0.2) is 5.78 Å². The summed E-state index contributed by atoms with van der Waals surface area (Å²) in [5, 5.41) is 9.68. The van der Waals surface area contributed by atoms with Crippen LogP contribution in [0.1, 0.15) is 37.0 Å². The zero-order valence-corrected chi connectivity index (χ0v) is 9.14. The minimum atomic E-state index is 0.00513. The standard InChI is InChI=1S/C10H17N3O/c1-10(2,3)9-5-7(12-13-9)8(14)6-11-4/h5,11H,6H2,1-4H3,(H,12,13). The largest absolute Gasteiger partial charge is 0.313 e. The first-order valence-corrected chi connectivity index (χ1v) is 4.69. The Balaban J connectivity index is 2.83. The summed E-state index contributed by atoms with van der Waals surface area (Å²) >= 11 is 0. The Morgan fingerprint density at radius 3 is 2.64 bits per heavy atom. The van der Waals surface area contributed by atoms with E-state index in [4.69, 9.17) is 0 Å². The van der Waals surface area contributed by atoms with Gasteiger partial charge in [0.2, 0.25) is 0 Å². The molecule has 0 aliphatic heterocycles. The van der Waals surface area contributed by atoms with Gasteiger partial charge in [-0.15, -0.1) is 0 Å². The van der Waals surface area contributed by atoms with E-state index in [2.05, 4.69) is 36.3 Å². The first-order valence-electron chi connectivity index (χ1n) is 4.69. The molecule has 0 atom stereocenters. The van der Waals surface area contributed by atoms with Crippen LogP contribution in [0.25, 0.3) is 0 Å². The molecule has 0 saturated heterocycles. The van der Waals surface area contributed by atoms with Crippen LogP contribution in [0.3, 0.4) is 0 Å². The lowest BCUT2D eigenvalue weighted by atomic mass is 9.92. The van der Waals surface area contributed by atoms with Crippen LogP contribution in [-0.4, -0.2) is 29.6 Å². The number of nitrogens with one attached hydrogen (secondary N) is 2. The quantitative estimate of drug-likeness (QED) is 0.710. The molecule has 14 heavy (non-hydrogen) atoms. The molecule has 78 valence electrons. The number of rotatable bonds is 3. The SMILES string of the molecule is CNCC(=O)c1cc(C(C)(C)C)[nH]n1. The molecule has 1 heterocycles. The minimum Gasteiger partial charge on any atom is -0.313 e. The summed E-state index contributed by atoms with van der Waals surface area (Å²) < 4.78 is 0. The molecule has 0 unspecified atom stereocenters. The number of Topliss-reactive ketones (excluding diaryl/α,β-unsaturated/α-hetero) is 1. The second-order valence-corrected chi connectivity index (χ2v) is 4.37. The molecular formula is C10H17N3O. The number of hydrogen-bond donors (Lipinski definition) is 2. The van der Waals surface area contributed by atoms with Gasteiger partial charge in [-0.3, -0.25) is 9.89 Å². The lowest BCUT2D eigenvalue weighted by molar-refractivity contribution is 0.0989. The monoisotopic (exact) mass is 195 g/mol. The Morgan fingerprint density at radius 1 is 1.57 bits per heavy atom. The Labute approximate surface area is 84.1 Å². The zero-order chi connectivity index (χ0) is 10.8. The van der Waals surface area contributed by atoms with Crippen LogP contribution in [0.15, 0.2) is 6.07 Å². The van der Waals surface area contributed by atoms with Crippen molar-refractivity contribution in [3.63, 3.8) is 0 Å². The summed E-state index contributed by atoms with van der Waals surface area (Å²) in [4.78, 5) is 11.4. The van der Waals surface area contributed by atoms with Crippen molar-refractivity contribution >= 4 is 5.78 Å². The van der Waals surface area contributed by atoms with Crippen LogP contribution in [0, 0.1) is 0 Å². The molecule has 0 amide bonds. The van der Waals surface area contributed by atoms with Crippen molar-refractivity contribution in [3.8, 4) is 0 Å². The highest BCUT2D eigenvalue weighted by Gasteiger charge is 2.18. The summed E-state index contributed by atoms with van der Waals surface area (Å²) in [5.74, 6) is 0.0132. The van der Waals surface area contributed by atoms with Gasteiger partial charge in [-0.05, 0) is 13.1 Å². The molecule has 0 saturated carbocycles. The maximum atomic E-state index is 11.4. The molecule has 0 bridgehead atoms. The van der Waals surface area contributed by atoms with Crippen molar-refractivity contribution in [1.82, 2.24) is 15.5 Å². The van der Waals surface area contributed by atoms with E-state index in [0.717, 1.165) is 5.69 Å². The molecule has 1 rings (SSSR count). The molecule has 0 spiro atoms. The van der Waals surface area contributed by atoms with Gasteiger partial charge in [0.1, 0.15) is 5.69 Å². The topological polar surface area (TPSA) is 57.8 Å². The van der Waals surface area contributed by atoms with Crippen LogP contribution >= 0.6 is 0 Å². The molecule has 2 N–H and O–H groups in total. The van der Waals surface area contributed by atoms with Crippen molar-refractivity contribution in [2.45, 2.75) is 26.2 Å². The molecule has 0 aromatic carbocycles. The number of carbonyl (C=O) groups excluding carboxylic acids is 1. The van der Waals surface area contributed by atoms with Crippen molar-refractivity contribution in [3.05, 3.63) is 17.5 Å². The number of carbonyl (C=O) groups is 1. The third-order valence-corrected chi connectivity index (χ3v) is 2.01. The molecule has 0 aliphatic rings. The van der Waals surface area contributed by atoms with E-state index in [1.165, 1.54) is 0 Å². The maximum absolute atomic E-state index is 11.4. The Morgan fingerprint density at radius 2 is 2.21 bits per heavy atom. The Bertz CT molecular complexity index is 322. The fourth-order valence-corrected chi connectivity index (χ4v) is 1.10. The molecular weight excluding hydrogens is 178 g/mol. The molecule has 0 radical (unpaired) electrons. The molecule has 0 aliphatic carbocycles. The van der Waals surface area contributed by atoms with Crippen LogP contribution in [0.5, 0.6) is 0 Å². The number of likely N-dealkylation sites (N-methyl/N-ethyl adjacent to an activating group) is 1. The average molecular weight is 195 g/mol. The van der Waals surface area contributed by atoms with E-state index in [1.807, 2.05) is 6.07 Å². The number of aromatic nitrogens is 2. The third kappa shape index (κ3) is 2.42. The summed E-state index contributed by atoms with van der Waals surface area (Å²) in [6.07, 6.45) is 0. The number of ketones is 1. The second kappa shape index (κ2) is 3.92. The van der Waals surface area contributed by atoms with Crippen molar-refractivity contribution in [2.24, 2.45) is 0 Å². The maximum Gasteiger partial charge on any atom is 0.196 e. The molecule has 4 heteroatoms. The average Bonchev–Trinajstić information content (AvgIpc) is 2.51. The van der Waals surface area contributed by atoms with Gasteiger partial charge in [0.25, 0.3) is 0 Å². The highest BCUT2D eigenvalue weighted by atomic mass is 16.1. The van der Waals surface area contributed by atoms with Gasteiger partial charge in [0, 0.05) is 11.1 Å². The van der Waals surface area contributed by atoms with Crippen LogP contribution < -0.4 is 5.32 Å². The fourth-order valence-electron chi connectivity index (χ4n) is 1.10. The summed E-state index contributed by atoms with van der Waals surface area (Å²) in [6, 6.07) is 1.82. The third-order valence-electron chi connectivity index (χ3n) is 2.01. The van der Waals surface area contributed by atoms with Gasteiger partial charge >= 0.3 is 0 Å². The summed E-state index contributed by atoms with van der Waals surface area (Å²) in [7, 11) is 1.75. The first kappa shape index (κ1) is 10.9. The van der Waals surface area contributed by atoms with E-state index in [9.17, 15) is 4.79 Å². The predicted octanol–water partition coefficient (Wildman–Crippen LogP) is 1.11. The van der Waals surface area contributed by atoms with Gasteiger partial charge < -0.3 is 5.32 Å². The number of hydrogen-bond acceptors (Lipinski definition) is 3. The number of H-pyrrole nitrogens is 1. The van der Waals surface area contributed by atoms with E-state index >= 15 is 0 Å². The van der Waals surface area contributed by atoms with Crippen molar-refractivity contribution in [1.29, 1.82) is 0 Å². The Kier molecular flexibility index (Phi) is 3.06. The summed E-state index contributed by atoms with van der Waals surface area (Å²) in [5.41, 5.74) is 1.49. The van der Waals surface area contributed by atoms with E-state index in [0.29, 0.717) is 12.2 Å². The van der Waals surface area contributed by atoms with Crippen LogP contribution in [0.4, 0.5) is 0 Å². The second-order valence-electron chi connectivity index (χ2n) is 4.37. The number of aromatic amines is 1. The van der Waals surface area contributed by atoms with E-state index in [-0.39, 0.29) is 11.2 Å². The normalized spacial score (nSPS) is 11.7. The highest BCUT2D eigenvalue weighted by molar-refractivity contribution is 5.95. The van der Waals surface area contributed by atoms with Crippen LogP contribution in [-0.2, 0) is 5.41 Å². The van der Waals surface area contributed by atoms with Crippen molar-refractivity contribution in [2.75, 3.05) is 13.6 Å². The molecule has 1 aromatic rings. The molecule has 4 nitrogen and oxygen atoms in total. The highest BCUT2D eigenvalue weighted by Crippen LogP contribution is 2.20. The summed E-state index contributed by atoms with van der Waals surface area (Å²) in [6.45, 7) is 6.56. The van der Waals surface area contributed by atoms with Crippen molar-refractivity contribution < 1.29 is 4.79 Å². The fraction of sp³-hybridized carbons (Fsp3) is 0.600. The number of nitrogens with zero attached hydrogens (tertiary/aromatic N) is 1. The smallest absolute Gasteiger partial charge is 0.196 e. The van der Waals surface area contributed by atoms with Gasteiger partial charge in [-0.1, -0.05) is 20.8 Å². The lowest BCUT2D eigenvalue weighted by Gasteiger charge is -2.14. The molecule has 0 fully saturated rings. The van der Waals surface area contributed by atoms with E-state index < -0.39 is 0 Å². The zero-order valence-electron chi connectivity index (χ0n) is 9.14.